The molecule has 0 bridgehead atoms. The van der Waals surface area contributed by atoms with Gasteiger partial charge in [0.25, 0.3) is 0 Å². The van der Waals surface area contributed by atoms with Gasteiger partial charge in [-0.15, -0.1) is 12.6 Å². The number of methoxy groups -OCH3 is 1. The Kier molecular flexibility index (Phi) is 4.42. The van der Waals surface area contributed by atoms with Crippen molar-refractivity contribution in [1.82, 2.24) is 0 Å². The van der Waals surface area contributed by atoms with Crippen molar-refractivity contribution >= 4 is 23.3 Å². The summed E-state index contributed by atoms with van der Waals surface area (Å²) in [7, 11) is 1.60. The molecule has 0 fully saturated rings. The molecule has 0 aliphatic heterocycles. The zero-order chi connectivity index (χ0) is 13.7. The molecule has 2 aromatic rings. The monoisotopic (exact) mass is 270 g/mol. The van der Waals surface area contributed by atoms with Gasteiger partial charge in [0, 0.05) is 10.5 Å². The summed E-state index contributed by atoms with van der Waals surface area (Å²) in [5.74, 6) is 0.659. The Balaban J connectivity index is 2.20. The first-order valence-corrected chi connectivity index (χ1v) is 6.30. The highest BCUT2D eigenvalue weighted by Gasteiger charge is 2.04. The molecular weight excluding hydrogens is 256 g/mol. The van der Waals surface area contributed by atoms with Crippen molar-refractivity contribution in [3.05, 3.63) is 71.8 Å². The summed E-state index contributed by atoms with van der Waals surface area (Å²) in [6, 6.07) is 16.6. The number of benzene rings is 2. The highest BCUT2D eigenvalue weighted by atomic mass is 32.1. The third-order valence-electron chi connectivity index (χ3n) is 2.71. The molecular formula is C16H14O2S. The number of carbonyl (C=O) groups is 1. The lowest BCUT2D eigenvalue weighted by Crippen LogP contribution is -1.95. The molecule has 96 valence electrons. The van der Waals surface area contributed by atoms with E-state index in [1.807, 2.05) is 30.3 Å². The van der Waals surface area contributed by atoms with E-state index in [2.05, 4.69) is 12.6 Å². The minimum Gasteiger partial charge on any atom is -0.497 e. The van der Waals surface area contributed by atoms with Gasteiger partial charge >= 0.3 is 0 Å². The third kappa shape index (κ3) is 3.48. The van der Waals surface area contributed by atoms with Gasteiger partial charge in [0.05, 0.1) is 7.11 Å². The summed E-state index contributed by atoms with van der Waals surface area (Å²) in [6.45, 7) is 0. The van der Waals surface area contributed by atoms with Crippen LogP contribution in [0.3, 0.4) is 0 Å². The number of allylic oxidation sites excluding steroid dienone is 1. The minimum absolute atomic E-state index is 0.0727. The molecule has 0 unspecified atom stereocenters. The molecule has 0 aliphatic carbocycles. The number of ether oxygens (including phenoxy) is 1. The van der Waals surface area contributed by atoms with Gasteiger partial charge in [-0.3, -0.25) is 4.79 Å². The zero-order valence-corrected chi connectivity index (χ0v) is 11.4. The fraction of sp³-hybridized carbons (Fsp3) is 0.0625. The standard InChI is InChI=1S/C16H14O2S/c1-18-14-9-7-12(8-10-14)15(17)11-16(19)13-5-3-2-4-6-13/h2-11,19H,1H3/b16-11-. The predicted octanol–water partition coefficient (Wildman–Crippen LogP) is 3.85. The van der Waals surface area contributed by atoms with E-state index in [0.29, 0.717) is 10.5 Å². The Morgan fingerprint density at radius 2 is 1.63 bits per heavy atom. The van der Waals surface area contributed by atoms with E-state index in [4.69, 9.17) is 4.74 Å². The summed E-state index contributed by atoms with van der Waals surface area (Å²) < 4.78 is 5.06. The van der Waals surface area contributed by atoms with E-state index in [1.54, 1.807) is 31.4 Å². The van der Waals surface area contributed by atoms with Crippen molar-refractivity contribution in [2.24, 2.45) is 0 Å². The van der Waals surface area contributed by atoms with E-state index in [1.165, 1.54) is 6.08 Å². The average Bonchev–Trinajstić information content (AvgIpc) is 2.48. The van der Waals surface area contributed by atoms with Crippen LogP contribution >= 0.6 is 12.6 Å². The van der Waals surface area contributed by atoms with Crippen LogP contribution in [0.15, 0.2) is 60.7 Å². The lowest BCUT2D eigenvalue weighted by Gasteiger charge is -2.02. The van der Waals surface area contributed by atoms with Crippen LogP contribution in [-0.4, -0.2) is 12.9 Å². The van der Waals surface area contributed by atoms with Crippen LogP contribution < -0.4 is 4.74 Å². The molecule has 0 radical (unpaired) electrons. The van der Waals surface area contributed by atoms with Crippen molar-refractivity contribution in [2.75, 3.05) is 7.11 Å². The molecule has 2 nitrogen and oxygen atoms in total. The van der Waals surface area contributed by atoms with Gasteiger partial charge in [-0.05, 0) is 35.9 Å². The van der Waals surface area contributed by atoms with Gasteiger partial charge in [-0.2, -0.15) is 0 Å². The molecule has 0 spiro atoms. The van der Waals surface area contributed by atoms with E-state index in [-0.39, 0.29) is 5.78 Å². The van der Waals surface area contributed by atoms with Gasteiger partial charge < -0.3 is 4.74 Å². The molecule has 3 heteroatoms. The summed E-state index contributed by atoms with van der Waals surface area (Å²) in [6.07, 6.45) is 1.53. The first-order valence-electron chi connectivity index (χ1n) is 5.85. The minimum atomic E-state index is -0.0727. The fourth-order valence-corrected chi connectivity index (χ4v) is 1.92. The molecule has 0 saturated carbocycles. The summed E-state index contributed by atoms with van der Waals surface area (Å²) in [5, 5.41) is 0. The smallest absolute Gasteiger partial charge is 0.186 e. The second kappa shape index (κ2) is 6.25. The molecule has 2 rings (SSSR count). The van der Waals surface area contributed by atoms with Crippen molar-refractivity contribution in [3.63, 3.8) is 0 Å². The first kappa shape index (κ1) is 13.4. The first-order chi connectivity index (χ1) is 9.20. The number of thiol groups is 1. The van der Waals surface area contributed by atoms with Crippen molar-refractivity contribution < 1.29 is 9.53 Å². The van der Waals surface area contributed by atoms with E-state index in [0.717, 1.165) is 11.3 Å². The molecule has 19 heavy (non-hydrogen) atoms. The maximum absolute atomic E-state index is 12.1. The van der Waals surface area contributed by atoms with E-state index in [9.17, 15) is 4.79 Å². The lowest BCUT2D eigenvalue weighted by atomic mass is 10.1. The van der Waals surface area contributed by atoms with Gasteiger partial charge in [0.2, 0.25) is 0 Å². The van der Waals surface area contributed by atoms with Crippen LogP contribution in [0.5, 0.6) is 5.75 Å². The molecule has 0 heterocycles. The Morgan fingerprint density at radius 1 is 1.00 bits per heavy atom. The largest absolute Gasteiger partial charge is 0.497 e. The quantitative estimate of drug-likeness (QED) is 0.519. The maximum atomic E-state index is 12.1. The highest BCUT2D eigenvalue weighted by Crippen LogP contribution is 2.19. The second-order valence-electron chi connectivity index (χ2n) is 3.99. The molecule has 0 saturated heterocycles. The van der Waals surface area contributed by atoms with Crippen molar-refractivity contribution in [1.29, 1.82) is 0 Å². The van der Waals surface area contributed by atoms with Crippen LogP contribution in [0.4, 0.5) is 0 Å². The van der Waals surface area contributed by atoms with Gasteiger partial charge in [0.1, 0.15) is 5.75 Å². The summed E-state index contributed by atoms with van der Waals surface area (Å²) >= 11 is 4.36. The van der Waals surface area contributed by atoms with Crippen LogP contribution in [-0.2, 0) is 0 Å². The third-order valence-corrected chi connectivity index (χ3v) is 3.10. The van der Waals surface area contributed by atoms with Gasteiger partial charge in [0.15, 0.2) is 5.78 Å². The molecule has 2 aromatic carbocycles. The molecule has 0 N–H and O–H groups in total. The summed E-state index contributed by atoms with van der Waals surface area (Å²) in [4.78, 5) is 12.7. The summed E-state index contributed by atoms with van der Waals surface area (Å²) in [5.41, 5.74) is 1.54. The fourth-order valence-electron chi connectivity index (χ4n) is 1.66. The SMILES string of the molecule is COc1ccc(C(=O)/C=C(\S)c2ccccc2)cc1. The number of rotatable bonds is 4. The van der Waals surface area contributed by atoms with Crippen LogP contribution in [0, 0.1) is 0 Å². The lowest BCUT2D eigenvalue weighted by molar-refractivity contribution is 0.104. The van der Waals surface area contributed by atoms with Gasteiger partial charge in [-0.1, -0.05) is 30.3 Å². The van der Waals surface area contributed by atoms with Gasteiger partial charge in [-0.25, -0.2) is 0 Å². The normalized spacial score (nSPS) is 11.2. The van der Waals surface area contributed by atoms with Crippen molar-refractivity contribution in [3.8, 4) is 5.75 Å². The number of carbonyl (C=O) groups excluding carboxylic acids is 1. The van der Waals surface area contributed by atoms with Crippen LogP contribution in [0.25, 0.3) is 4.91 Å². The second-order valence-corrected chi connectivity index (χ2v) is 4.47. The Labute approximate surface area is 118 Å². The van der Waals surface area contributed by atoms with Crippen LogP contribution in [0.2, 0.25) is 0 Å². The Hall–Kier alpha value is -2.00. The molecule has 0 amide bonds. The topological polar surface area (TPSA) is 26.3 Å². The molecule has 0 aromatic heterocycles. The van der Waals surface area contributed by atoms with Crippen LogP contribution in [0.1, 0.15) is 15.9 Å². The predicted molar refractivity (Wildman–Crippen MR) is 80.7 cm³/mol. The van der Waals surface area contributed by atoms with E-state index < -0.39 is 0 Å². The Morgan fingerprint density at radius 3 is 2.21 bits per heavy atom. The number of ketones is 1. The van der Waals surface area contributed by atoms with E-state index >= 15 is 0 Å². The number of hydrogen-bond donors (Lipinski definition) is 1. The maximum Gasteiger partial charge on any atom is 0.186 e. The highest BCUT2D eigenvalue weighted by molar-refractivity contribution is 7.90. The zero-order valence-electron chi connectivity index (χ0n) is 10.5. The Bertz CT molecular complexity index is 586. The number of hydrogen-bond acceptors (Lipinski definition) is 3. The molecule has 0 aliphatic rings. The average molecular weight is 270 g/mol. The molecule has 0 atom stereocenters. The van der Waals surface area contributed by atoms with Crippen molar-refractivity contribution in [2.45, 2.75) is 0 Å².